The quantitative estimate of drug-likeness (QED) is 0.528. The van der Waals surface area contributed by atoms with Crippen LogP contribution >= 0.6 is 0 Å². The van der Waals surface area contributed by atoms with Crippen molar-refractivity contribution in [3.63, 3.8) is 0 Å². The molecular formula is C13H22N4O. The van der Waals surface area contributed by atoms with Gasteiger partial charge < -0.3 is 10.5 Å². The molecule has 0 spiro atoms. The summed E-state index contributed by atoms with van der Waals surface area (Å²) in [4.78, 5) is 0. The monoisotopic (exact) mass is 250 g/mol. The van der Waals surface area contributed by atoms with Crippen LogP contribution in [0.4, 0.5) is 0 Å². The highest BCUT2D eigenvalue weighted by atomic mass is 16.5. The molecule has 18 heavy (non-hydrogen) atoms. The van der Waals surface area contributed by atoms with Crippen molar-refractivity contribution in [3.05, 3.63) is 12.4 Å². The lowest BCUT2D eigenvalue weighted by Crippen LogP contribution is -2.24. The topological polar surface area (TPSA) is 66.0 Å². The highest BCUT2D eigenvalue weighted by Gasteiger charge is 2.03. The molecule has 0 saturated heterocycles. The lowest BCUT2D eigenvalue weighted by Gasteiger charge is -2.11. The summed E-state index contributed by atoms with van der Waals surface area (Å²) in [6.45, 7) is 4.16. The summed E-state index contributed by atoms with van der Waals surface area (Å²) in [6.07, 6.45) is 7.21. The van der Waals surface area contributed by atoms with E-state index in [1.807, 2.05) is 13.1 Å². The van der Waals surface area contributed by atoms with Crippen LogP contribution in [-0.2, 0) is 11.3 Å². The Balaban J connectivity index is 1.93. The van der Waals surface area contributed by atoms with Crippen LogP contribution in [0.2, 0.25) is 0 Å². The maximum absolute atomic E-state index is 5.99. The van der Waals surface area contributed by atoms with Gasteiger partial charge in [0, 0.05) is 38.4 Å². The zero-order chi connectivity index (χ0) is 13.1. The summed E-state index contributed by atoms with van der Waals surface area (Å²) in [5.74, 6) is 5.88. The fourth-order valence-corrected chi connectivity index (χ4v) is 1.52. The Labute approximate surface area is 109 Å². The fraction of sp³-hybridized carbons (Fsp3) is 0.692. The predicted octanol–water partition coefficient (Wildman–Crippen LogP) is 1.21. The Bertz CT molecular complexity index is 353. The lowest BCUT2D eigenvalue weighted by molar-refractivity contribution is 0.124. The van der Waals surface area contributed by atoms with E-state index in [-0.39, 0.29) is 6.04 Å². The largest absolute Gasteiger partial charge is 0.381 e. The number of nitrogens with two attached hydrogens (primary N) is 1. The third-order valence-corrected chi connectivity index (χ3v) is 2.60. The molecule has 1 rings (SSSR count). The third kappa shape index (κ3) is 7.05. The fourth-order valence-electron chi connectivity index (χ4n) is 1.52. The highest BCUT2D eigenvalue weighted by Crippen LogP contribution is 1.99. The Morgan fingerprint density at radius 3 is 3.00 bits per heavy atom. The first kappa shape index (κ1) is 14.7. The van der Waals surface area contributed by atoms with Gasteiger partial charge in [0.2, 0.25) is 0 Å². The minimum atomic E-state index is 0.157. The van der Waals surface area contributed by atoms with Crippen molar-refractivity contribution in [3.8, 4) is 11.8 Å². The van der Waals surface area contributed by atoms with Gasteiger partial charge in [-0.2, -0.15) is 0 Å². The molecule has 0 radical (unpaired) electrons. The van der Waals surface area contributed by atoms with Gasteiger partial charge in [0.25, 0.3) is 0 Å². The van der Waals surface area contributed by atoms with Crippen molar-refractivity contribution in [2.24, 2.45) is 5.73 Å². The molecule has 2 N–H and O–H groups in total. The van der Waals surface area contributed by atoms with Crippen molar-refractivity contribution < 1.29 is 4.74 Å². The van der Waals surface area contributed by atoms with Gasteiger partial charge in [-0.15, -0.1) is 16.9 Å². The molecule has 0 amide bonds. The van der Waals surface area contributed by atoms with E-state index in [0.29, 0.717) is 0 Å². The normalized spacial score (nSPS) is 11.9. The van der Waals surface area contributed by atoms with Crippen LogP contribution < -0.4 is 5.73 Å². The van der Waals surface area contributed by atoms with E-state index in [4.69, 9.17) is 10.5 Å². The molecule has 1 heterocycles. The molecule has 0 bridgehead atoms. The van der Waals surface area contributed by atoms with Crippen LogP contribution in [0.5, 0.6) is 0 Å². The van der Waals surface area contributed by atoms with E-state index in [1.165, 1.54) is 0 Å². The van der Waals surface area contributed by atoms with Crippen molar-refractivity contribution >= 4 is 0 Å². The summed E-state index contributed by atoms with van der Waals surface area (Å²) >= 11 is 0. The summed E-state index contributed by atoms with van der Waals surface area (Å²) in [5, 5.41) is 7.64. The van der Waals surface area contributed by atoms with Gasteiger partial charge >= 0.3 is 0 Å². The predicted molar refractivity (Wildman–Crippen MR) is 70.7 cm³/mol. The average Bonchev–Trinajstić information content (AvgIpc) is 2.88. The molecule has 0 saturated carbocycles. The van der Waals surface area contributed by atoms with Crippen LogP contribution in [0.15, 0.2) is 12.4 Å². The molecule has 1 aromatic heterocycles. The second-order valence-corrected chi connectivity index (χ2v) is 4.15. The van der Waals surface area contributed by atoms with E-state index < -0.39 is 0 Å². The number of ether oxygens (including phenoxy) is 1. The van der Waals surface area contributed by atoms with Gasteiger partial charge in [-0.1, -0.05) is 5.21 Å². The summed E-state index contributed by atoms with van der Waals surface area (Å²) < 4.78 is 7.30. The van der Waals surface area contributed by atoms with Crippen LogP contribution in [0.3, 0.4) is 0 Å². The lowest BCUT2D eigenvalue weighted by atomic mass is 10.1. The first-order valence-corrected chi connectivity index (χ1v) is 6.40. The zero-order valence-corrected chi connectivity index (χ0v) is 11.0. The molecule has 0 aliphatic carbocycles. The minimum Gasteiger partial charge on any atom is -0.381 e. The van der Waals surface area contributed by atoms with Crippen LogP contribution in [0.1, 0.15) is 32.6 Å². The van der Waals surface area contributed by atoms with Gasteiger partial charge in [0.15, 0.2) is 0 Å². The number of hydrogen-bond donors (Lipinski definition) is 1. The second-order valence-electron chi connectivity index (χ2n) is 4.15. The molecule has 0 aliphatic rings. The Kier molecular flexibility index (Phi) is 7.85. The molecule has 1 unspecified atom stereocenters. The van der Waals surface area contributed by atoms with Crippen molar-refractivity contribution in [1.82, 2.24) is 15.0 Å². The Morgan fingerprint density at radius 1 is 1.39 bits per heavy atom. The Hall–Kier alpha value is -1.38. The van der Waals surface area contributed by atoms with Gasteiger partial charge in [-0.05, 0) is 26.2 Å². The van der Waals surface area contributed by atoms with E-state index in [0.717, 1.165) is 45.4 Å². The maximum atomic E-state index is 5.99. The van der Waals surface area contributed by atoms with E-state index >= 15 is 0 Å². The molecule has 100 valence electrons. The molecule has 1 atom stereocenters. The summed E-state index contributed by atoms with van der Waals surface area (Å²) in [6, 6.07) is 0.157. The van der Waals surface area contributed by atoms with E-state index in [9.17, 15) is 0 Å². The van der Waals surface area contributed by atoms with Gasteiger partial charge in [-0.25, -0.2) is 0 Å². The maximum Gasteiger partial charge on any atom is 0.0692 e. The number of aromatic nitrogens is 3. The Morgan fingerprint density at radius 2 is 2.28 bits per heavy atom. The van der Waals surface area contributed by atoms with Gasteiger partial charge in [0.1, 0.15) is 0 Å². The number of aryl methyl sites for hydroxylation is 1. The van der Waals surface area contributed by atoms with Crippen molar-refractivity contribution in [2.75, 3.05) is 13.2 Å². The van der Waals surface area contributed by atoms with Gasteiger partial charge in [0.05, 0.1) is 6.20 Å². The molecule has 1 aromatic rings. The highest BCUT2D eigenvalue weighted by molar-refractivity contribution is 4.94. The average molecular weight is 250 g/mol. The minimum absolute atomic E-state index is 0.157. The third-order valence-electron chi connectivity index (χ3n) is 2.60. The molecular weight excluding hydrogens is 228 g/mol. The second kappa shape index (κ2) is 9.63. The molecule has 5 heteroatoms. The van der Waals surface area contributed by atoms with E-state index in [1.54, 1.807) is 10.9 Å². The van der Waals surface area contributed by atoms with Crippen molar-refractivity contribution in [2.45, 2.75) is 45.2 Å². The number of nitrogens with zero attached hydrogens (tertiary/aromatic N) is 3. The van der Waals surface area contributed by atoms with E-state index in [2.05, 4.69) is 22.2 Å². The van der Waals surface area contributed by atoms with Crippen LogP contribution in [0.25, 0.3) is 0 Å². The van der Waals surface area contributed by atoms with Gasteiger partial charge in [-0.3, -0.25) is 4.68 Å². The molecule has 0 aliphatic heterocycles. The summed E-state index contributed by atoms with van der Waals surface area (Å²) in [7, 11) is 0. The smallest absolute Gasteiger partial charge is 0.0692 e. The standard InChI is InChI=1S/C13H22N4O/c1-2-3-4-5-11-18-12-7-13(14)6-9-17-10-8-15-16-17/h8,10,13H,4-7,9,11-12,14H2,1H3. The SMILES string of the molecule is CC#CCCCOCCC(N)CCn1ccnn1. The number of unbranched alkanes of at least 4 members (excludes halogenated alkanes) is 1. The summed E-state index contributed by atoms with van der Waals surface area (Å²) in [5.41, 5.74) is 5.99. The number of hydrogen-bond acceptors (Lipinski definition) is 4. The molecule has 0 aromatic carbocycles. The zero-order valence-electron chi connectivity index (χ0n) is 11.0. The molecule has 5 nitrogen and oxygen atoms in total. The molecule has 0 fully saturated rings. The van der Waals surface area contributed by atoms with Crippen molar-refractivity contribution in [1.29, 1.82) is 0 Å². The number of rotatable bonds is 9. The van der Waals surface area contributed by atoms with Crippen LogP contribution in [0, 0.1) is 11.8 Å². The first-order valence-electron chi connectivity index (χ1n) is 6.40. The van der Waals surface area contributed by atoms with Crippen LogP contribution in [-0.4, -0.2) is 34.2 Å². The first-order chi connectivity index (χ1) is 8.83.